The van der Waals surface area contributed by atoms with E-state index in [2.05, 4.69) is 26.5 Å². The van der Waals surface area contributed by atoms with Crippen LogP contribution in [0.1, 0.15) is 27.0 Å². The molecule has 3 rings (SSSR count). The van der Waals surface area contributed by atoms with E-state index in [0.717, 1.165) is 21.2 Å². The van der Waals surface area contributed by atoms with Crippen LogP contribution >= 0.6 is 15.9 Å². The van der Waals surface area contributed by atoms with Crippen molar-refractivity contribution >= 4 is 28.1 Å². The molecule has 0 radical (unpaired) electrons. The molecule has 0 saturated carbocycles. The van der Waals surface area contributed by atoms with Crippen molar-refractivity contribution in [3.8, 4) is 11.5 Å². The summed E-state index contributed by atoms with van der Waals surface area (Å²) in [5.74, 6) is 0.980. The first kappa shape index (κ1) is 20.6. The second kappa shape index (κ2) is 9.89. The summed E-state index contributed by atoms with van der Waals surface area (Å²) < 4.78 is 12.3. The second-order valence-corrected chi connectivity index (χ2v) is 7.26. The number of nitrogens with zero attached hydrogens (tertiary/aromatic N) is 1. The minimum Gasteiger partial charge on any atom is -0.493 e. The number of nitrogens with one attached hydrogen (secondary N) is 1. The van der Waals surface area contributed by atoms with Crippen molar-refractivity contribution in [3.05, 3.63) is 93.5 Å². The Morgan fingerprint density at radius 3 is 2.55 bits per heavy atom. The van der Waals surface area contributed by atoms with E-state index >= 15 is 0 Å². The summed E-state index contributed by atoms with van der Waals surface area (Å²) in [4.78, 5) is 12.2. The van der Waals surface area contributed by atoms with Gasteiger partial charge in [-0.25, -0.2) is 5.43 Å². The Bertz CT molecular complexity index is 1020. The number of aryl methyl sites for hydroxylation is 1. The second-order valence-electron chi connectivity index (χ2n) is 6.34. The van der Waals surface area contributed by atoms with Crippen molar-refractivity contribution in [2.75, 3.05) is 7.11 Å². The first-order valence-corrected chi connectivity index (χ1v) is 9.80. The number of hydrogen-bond acceptors (Lipinski definition) is 4. The van der Waals surface area contributed by atoms with Crippen molar-refractivity contribution in [1.29, 1.82) is 0 Å². The molecular weight excluding hydrogens is 432 g/mol. The van der Waals surface area contributed by atoms with Crippen molar-refractivity contribution in [2.24, 2.45) is 5.10 Å². The molecule has 0 heterocycles. The minimum atomic E-state index is -0.249. The van der Waals surface area contributed by atoms with E-state index in [1.165, 1.54) is 0 Å². The van der Waals surface area contributed by atoms with Crippen LogP contribution in [0.25, 0.3) is 0 Å². The van der Waals surface area contributed by atoms with Gasteiger partial charge in [-0.15, -0.1) is 0 Å². The molecule has 0 atom stereocenters. The van der Waals surface area contributed by atoms with Crippen molar-refractivity contribution < 1.29 is 14.3 Å². The first-order chi connectivity index (χ1) is 14.1. The van der Waals surface area contributed by atoms with Gasteiger partial charge in [0, 0.05) is 10.0 Å². The summed E-state index contributed by atoms with van der Waals surface area (Å²) in [6.07, 6.45) is 1.57. The summed E-state index contributed by atoms with van der Waals surface area (Å²) in [7, 11) is 1.59. The van der Waals surface area contributed by atoms with Crippen LogP contribution in [0.2, 0.25) is 0 Å². The molecule has 0 aromatic heterocycles. The summed E-state index contributed by atoms with van der Waals surface area (Å²) in [5.41, 5.74) is 5.88. The lowest BCUT2D eigenvalue weighted by Gasteiger charge is -2.11. The van der Waals surface area contributed by atoms with Crippen LogP contribution < -0.4 is 14.9 Å². The van der Waals surface area contributed by atoms with Crippen LogP contribution in [0, 0.1) is 6.92 Å². The van der Waals surface area contributed by atoms with Crippen LogP contribution in [0.5, 0.6) is 11.5 Å². The largest absolute Gasteiger partial charge is 0.493 e. The lowest BCUT2D eigenvalue weighted by molar-refractivity contribution is 0.0954. The predicted molar refractivity (Wildman–Crippen MR) is 118 cm³/mol. The molecule has 148 valence electrons. The van der Waals surface area contributed by atoms with Crippen LogP contribution in [-0.4, -0.2) is 19.2 Å². The standard InChI is InChI=1S/C23H21BrN2O3/c1-16-5-3-4-6-20(16)23(27)26-25-14-18-9-12-21(22(13-18)28-2)29-15-17-7-10-19(24)11-8-17/h3-14H,15H2,1-2H3,(H,26,27)/b25-14-. The minimum absolute atomic E-state index is 0.249. The van der Waals surface area contributed by atoms with Gasteiger partial charge in [-0.05, 0) is 60.0 Å². The highest BCUT2D eigenvalue weighted by atomic mass is 79.9. The smallest absolute Gasteiger partial charge is 0.271 e. The highest BCUT2D eigenvalue weighted by Gasteiger charge is 2.08. The summed E-state index contributed by atoms with van der Waals surface area (Å²) in [6, 6.07) is 20.8. The number of halogens is 1. The molecule has 0 aliphatic heterocycles. The van der Waals surface area contributed by atoms with Crippen molar-refractivity contribution in [3.63, 3.8) is 0 Å². The van der Waals surface area contributed by atoms with E-state index in [4.69, 9.17) is 9.47 Å². The number of benzene rings is 3. The molecule has 0 aliphatic carbocycles. The zero-order chi connectivity index (χ0) is 20.6. The Morgan fingerprint density at radius 2 is 1.83 bits per heavy atom. The van der Waals surface area contributed by atoms with Gasteiger partial charge >= 0.3 is 0 Å². The summed E-state index contributed by atoms with van der Waals surface area (Å²) >= 11 is 3.42. The zero-order valence-corrected chi connectivity index (χ0v) is 17.8. The molecule has 5 nitrogen and oxygen atoms in total. The monoisotopic (exact) mass is 452 g/mol. The SMILES string of the molecule is COc1cc(/C=N\NC(=O)c2ccccc2C)ccc1OCc1ccc(Br)cc1. The highest BCUT2D eigenvalue weighted by Crippen LogP contribution is 2.28. The Hall–Kier alpha value is -3.12. The molecular formula is C23H21BrN2O3. The molecule has 3 aromatic rings. The van der Waals surface area contributed by atoms with Gasteiger partial charge in [0.05, 0.1) is 13.3 Å². The molecule has 0 aliphatic rings. The number of ether oxygens (including phenoxy) is 2. The van der Waals surface area contributed by atoms with Gasteiger partial charge in [0.1, 0.15) is 6.61 Å². The Balaban J connectivity index is 1.63. The molecule has 1 N–H and O–H groups in total. The van der Waals surface area contributed by atoms with Gasteiger partial charge < -0.3 is 9.47 Å². The Morgan fingerprint density at radius 1 is 1.07 bits per heavy atom. The predicted octanol–water partition coefficient (Wildman–Crippen LogP) is 5.11. The first-order valence-electron chi connectivity index (χ1n) is 9.01. The van der Waals surface area contributed by atoms with E-state index in [0.29, 0.717) is 23.7 Å². The van der Waals surface area contributed by atoms with Gasteiger partial charge in [0.25, 0.3) is 5.91 Å². The van der Waals surface area contributed by atoms with E-state index in [-0.39, 0.29) is 5.91 Å². The lowest BCUT2D eigenvalue weighted by Crippen LogP contribution is -2.18. The van der Waals surface area contributed by atoms with Gasteiger partial charge in [0.15, 0.2) is 11.5 Å². The number of rotatable bonds is 7. The number of amides is 1. The van der Waals surface area contributed by atoms with Gasteiger partial charge in [0.2, 0.25) is 0 Å². The third-order valence-corrected chi connectivity index (χ3v) is 4.79. The third kappa shape index (κ3) is 5.68. The number of hydrazone groups is 1. The maximum atomic E-state index is 12.2. The maximum absolute atomic E-state index is 12.2. The molecule has 0 fully saturated rings. The fourth-order valence-electron chi connectivity index (χ4n) is 2.68. The zero-order valence-electron chi connectivity index (χ0n) is 16.2. The Kier molecular flexibility index (Phi) is 7.03. The quantitative estimate of drug-likeness (QED) is 0.400. The summed E-state index contributed by atoms with van der Waals surface area (Å²) in [5, 5.41) is 4.04. The number of carbonyl (C=O) groups is 1. The van der Waals surface area contributed by atoms with Gasteiger partial charge in [-0.3, -0.25) is 4.79 Å². The van der Waals surface area contributed by atoms with Crippen LogP contribution in [-0.2, 0) is 6.61 Å². The molecule has 0 unspecified atom stereocenters. The topological polar surface area (TPSA) is 59.9 Å². The lowest BCUT2D eigenvalue weighted by atomic mass is 10.1. The fraction of sp³-hybridized carbons (Fsp3) is 0.130. The van der Waals surface area contributed by atoms with E-state index in [9.17, 15) is 4.79 Å². The fourth-order valence-corrected chi connectivity index (χ4v) is 2.94. The molecule has 3 aromatic carbocycles. The van der Waals surface area contributed by atoms with E-state index in [1.807, 2.05) is 61.5 Å². The molecule has 1 amide bonds. The molecule has 0 saturated heterocycles. The van der Waals surface area contributed by atoms with Gasteiger partial charge in [-0.1, -0.05) is 46.3 Å². The van der Waals surface area contributed by atoms with Crippen LogP contribution in [0.15, 0.2) is 76.3 Å². The average Bonchev–Trinajstić information content (AvgIpc) is 2.74. The maximum Gasteiger partial charge on any atom is 0.271 e. The molecule has 0 bridgehead atoms. The highest BCUT2D eigenvalue weighted by molar-refractivity contribution is 9.10. The number of methoxy groups -OCH3 is 1. The summed E-state index contributed by atoms with van der Waals surface area (Å²) in [6.45, 7) is 2.32. The Labute approximate surface area is 178 Å². The van der Waals surface area contributed by atoms with E-state index < -0.39 is 0 Å². The van der Waals surface area contributed by atoms with Crippen LogP contribution in [0.4, 0.5) is 0 Å². The average molecular weight is 453 g/mol. The van der Waals surface area contributed by atoms with Crippen LogP contribution in [0.3, 0.4) is 0 Å². The van der Waals surface area contributed by atoms with Gasteiger partial charge in [-0.2, -0.15) is 5.10 Å². The van der Waals surface area contributed by atoms with E-state index in [1.54, 1.807) is 25.5 Å². The number of carbonyl (C=O) groups excluding carboxylic acids is 1. The van der Waals surface area contributed by atoms with Crippen molar-refractivity contribution in [1.82, 2.24) is 5.43 Å². The van der Waals surface area contributed by atoms with Crippen molar-refractivity contribution in [2.45, 2.75) is 13.5 Å². The normalized spacial score (nSPS) is 10.7. The molecule has 0 spiro atoms. The molecule has 29 heavy (non-hydrogen) atoms. The third-order valence-electron chi connectivity index (χ3n) is 4.26. The number of hydrogen-bond donors (Lipinski definition) is 1. The molecule has 6 heteroatoms.